The van der Waals surface area contributed by atoms with Crippen molar-refractivity contribution in [1.29, 1.82) is 0 Å². The molecule has 0 saturated carbocycles. The van der Waals surface area contributed by atoms with E-state index in [1.807, 2.05) is 30.0 Å². The van der Waals surface area contributed by atoms with E-state index in [0.717, 1.165) is 16.5 Å². The number of ether oxygens (including phenoxy) is 1. The van der Waals surface area contributed by atoms with Crippen LogP contribution in [0, 0.1) is 0 Å². The van der Waals surface area contributed by atoms with Gasteiger partial charge in [0.2, 0.25) is 5.91 Å². The molecule has 1 atom stereocenters. The molecule has 3 aromatic rings. The minimum Gasteiger partial charge on any atom is -0.375 e. The summed E-state index contributed by atoms with van der Waals surface area (Å²) in [6, 6.07) is 18.8. The Labute approximate surface area is 200 Å². The molecule has 0 N–H and O–H groups in total. The third-order valence-corrected chi connectivity index (χ3v) is 6.78. The number of hydrogen-bond donors (Lipinski definition) is 0. The molecule has 1 aromatic heterocycles. The van der Waals surface area contributed by atoms with Gasteiger partial charge in [-0.2, -0.15) is 0 Å². The first-order valence-electron chi connectivity index (χ1n) is 11.4. The van der Waals surface area contributed by atoms with E-state index in [2.05, 4.69) is 71.9 Å². The van der Waals surface area contributed by atoms with Gasteiger partial charge in [0, 0.05) is 18.7 Å². The Morgan fingerprint density at radius 1 is 1.09 bits per heavy atom. The van der Waals surface area contributed by atoms with Crippen LogP contribution in [0.5, 0.6) is 0 Å². The Kier molecular flexibility index (Phi) is 7.20. The van der Waals surface area contributed by atoms with Gasteiger partial charge in [-0.05, 0) is 23.5 Å². The van der Waals surface area contributed by atoms with Crippen molar-refractivity contribution in [1.82, 2.24) is 19.7 Å². The second kappa shape index (κ2) is 10.1. The van der Waals surface area contributed by atoms with Gasteiger partial charge < -0.3 is 9.64 Å². The van der Waals surface area contributed by atoms with E-state index in [4.69, 9.17) is 4.74 Å². The Balaban J connectivity index is 1.58. The zero-order chi connectivity index (χ0) is 23.4. The molecule has 1 saturated heterocycles. The lowest BCUT2D eigenvalue weighted by molar-refractivity contribution is -0.135. The molecule has 0 bridgehead atoms. The molecule has 2 aromatic carbocycles. The highest BCUT2D eigenvalue weighted by molar-refractivity contribution is 7.99. The van der Waals surface area contributed by atoms with Gasteiger partial charge in [-0.1, -0.05) is 87.1 Å². The number of carbonyl (C=O) groups is 1. The van der Waals surface area contributed by atoms with Crippen LogP contribution in [-0.4, -0.2) is 57.1 Å². The van der Waals surface area contributed by atoms with Crippen molar-refractivity contribution in [2.24, 2.45) is 0 Å². The van der Waals surface area contributed by atoms with Crippen LogP contribution in [0.3, 0.4) is 0 Å². The summed E-state index contributed by atoms with van der Waals surface area (Å²) in [6.07, 6.45) is 0.0807. The highest BCUT2D eigenvalue weighted by Crippen LogP contribution is 2.28. The second-order valence-corrected chi connectivity index (χ2v) is 10.5. The molecule has 7 heteroatoms. The van der Waals surface area contributed by atoms with Crippen molar-refractivity contribution >= 4 is 17.7 Å². The standard InChI is InChI=1S/C26H32N4O2S/c1-19-16-29(14-15-32-19)23(31)18-33-25-28-27-24(30(25)17-20-8-6-5-7-9-20)21-10-12-22(13-11-21)26(2,3)4/h5-13,19H,14-18H2,1-4H3. The fourth-order valence-electron chi connectivity index (χ4n) is 3.90. The van der Waals surface area contributed by atoms with E-state index in [9.17, 15) is 4.79 Å². The summed E-state index contributed by atoms with van der Waals surface area (Å²) >= 11 is 1.45. The van der Waals surface area contributed by atoms with Crippen LogP contribution >= 0.6 is 11.8 Å². The number of nitrogens with zero attached hydrogens (tertiary/aromatic N) is 4. The number of aromatic nitrogens is 3. The van der Waals surface area contributed by atoms with Crippen LogP contribution in [-0.2, 0) is 21.5 Å². The molecule has 6 nitrogen and oxygen atoms in total. The third kappa shape index (κ3) is 5.84. The fourth-order valence-corrected chi connectivity index (χ4v) is 4.74. The maximum atomic E-state index is 12.8. The molecule has 33 heavy (non-hydrogen) atoms. The molecule has 1 fully saturated rings. The lowest BCUT2D eigenvalue weighted by atomic mass is 9.87. The van der Waals surface area contributed by atoms with Crippen molar-refractivity contribution in [2.75, 3.05) is 25.4 Å². The van der Waals surface area contributed by atoms with E-state index in [1.54, 1.807) is 0 Å². The predicted octanol–water partition coefficient (Wildman–Crippen LogP) is 4.63. The van der Waals surface area contributed by atoms with Crippen LogP contribution in [0.4, 0.5) is 0 Å². The van der Waals surface area contributed by atoms with Crippen molar-refractivity contribution in [3.63, 3.8) is 0 Å². The number of carbonyl (C=O) groups excluding carboxylic acids is 1. The van der Waals surface area contributed by atoms with Gasteiger partial charge in [-0.15, -0.1) is 10.2 Å². The normalized spacial score (nSPS) is 16.7. The Morgan fingerprint density at radius 2 is 1.82 bits per heavy atom. The van der Waals surface area contributed by atoms with E-state index in [0.29, 0.717) is 32.0 Å². The van der Waals surface area contributed by atoms with Gasteiger partial charge in [-0.3, -0.25) is 9.36 Å². The molecule has 1 aliphatic rings. The Morgan fingerprint density at radius 3 is 2.48 bits per heavy atom. The largest absolute Gasteiger partial charge is 0.375 e. The SMILES string of the molecule is CC1CN(C(=O)CSc2nnc(-c3ccc(C(C)(C)C)cc3)n2Cc2ccccc2)CCO1. The molecule has 1 aliphatic heterocycles. The van der Waals surface area contributed by atoms with Crippen LogP contribution < -0.4 is 0 Å². The lowest BCUT2D eigenvalue weighted by Gasteiger charge is -2.31. The zero-order valence-corrected chi connectivity index (χ0v) is 20.6. The maximum Gasteiger partial charge on any atom is 0.233 e. The molecule has 1 amide bonds. The smallest absolute Gasteiger partial charge is 0.233 e. The molecule has 2 heterocycles. The molecular formula is C26H32N4O2S. The summed E-state index contributed by atoms with van der Waals surface area (Å²) in [7, 11) is 0. The molecule has 0 aliphatic carbocycles. The van der Waals surface area contributed by atoms with Crippen molar-refractivity contribution in [2.45, 2.75) is 50.9 Å². The average Bonchev–Trinajstić information content (AvgIpc) is 3.20. The first kappa shape index (κ1) is 23.5. The maximum absolute atomic E-state index is 12.8. The van der Waals surface area contributed by atoms with Crippen molar-refractivity contribution < 1.29 is 9.53 Å². The molecule has 0 radical (unpaired) electrons. The number of rotatable bonds is 6. The third-order valence-electron chi connectivity index (χ3n) is 5.83. The highest BCUT2D eigenvalue weighted by Gasteiger charge is 2.23. The minimum atomic E-state index is 0.0807. The first-order valence-corrected chi connectivity index (χ1v) is 12.4. The average molecular weight is 465 g/mol. The summed E-state index contributed by atoms with van der Waals surface area (Å²) < 4.78 is 7.67. The quantitative estimate of drug-likeness (QED) is 0.498. The molecule has 1 unspecified atom stereocenters. The fraction of sp³-hybridized carbons (Fsp3) is 0.423. The van der Waals surface area contributed by atoms with Gasteiger partial charge >= 0.3 is 0 Å². The van der Waals surface area contributed by atoms with Crippen LogP contribution in [0.15, 0.2) is 59.8 Å². The van der Waals surface area contributed by atoms with Crippen LogP contribution in [0.25, 0.3) is 11.4 Å². The van der Waals surface area contributed by atoms with Crippen molar-refractivity contribution in [3.05, 3.63) is 65.7 Å². The van der Waals surface area contributed by atoms with Gasteiger partial charge in [0.25, 0.3) is 0 Å². The monoisotopic (exact) mass is 464 g/mol. The number of benzene rings is 2. The van der Waals surface area contributed by atoms with Gasteiger partial charge in [0.05, 0.1) is 25.0 Å². The Bertz CT molecular complexity index is 1070. The van der Waals surface area contributed by atoms with Crippen molar-refractivity contribution in [3.8, 4) is 11.4 Å². The van der Waals surface area contributed by atoms with E-state index >= 15 is 0 Å². The van der Waals surface area contributed by atoms with Gasteiger partial charge in [-0.25, -0.2) is 0 Å². The number of thioether (sulfide) groups is 1. The van der Waals surface area contributed by atoms with E-state index < -0.39 is 0 Å². The number of morpholine rings is 1. The topological polar surface area (TPSA) is 60.2 Å². The Hall–Kier alpha value is -2.64. The van der Waals surface area contributed by atoms with E-state index in [1.165, 1.54) is 22.9 Å². The summed E-state index contributed by atoms with van der Waals surface area (Å²) in [5.41, 5.74) is 3.56. The zero-order valence-electron chi connectivity index (χ0n) is 19.8. The van der Waals surface area contributed by atoms with Gasteiger partial charge in [0.15, 0.2) is 11.0 Å². The molecule has 4 rings (SSSR count). The second-order valence-electron chi connectivity index (χ2n) is 9.52. The summed E-state index contributed by atoms with van der Waals surface area (Å²) in [5, 5.41) is 9.75. The van der Waals surface area contributed by atoms with Crippen LogP contribution in [0.2, 0.25) is 0 Å². The number of hydrogen-bond acceptors (Lipinski definition) is 5. The molecular weight excluding hydrogens is 432 g/mol. The van der Waals surface area contributed by atoms with E-state index in [-0.39, 0.29) is 17.4 Å². The summed E-state index contributed by atoms with van der Waals surface area (Å²) in [4.78, 5) is 14.7. The molecule has 174 valence electrons. The number of amides is 1. The van der Waals surface area contributed by atoms with Gasteiger partial charge in [0.1, 0.15) is 0 Å². The summed E-state index contributed by atoms with van der Waals surface area (Å²) in [6.45, 7) is 11.2. The minimum absolute atomic E-state index is 0.0807. The summed E-state index contributed by atoms with van der Waals surface area (Å²) in [5.74, 6) is 1.26. The lowest BCUT2D eigenvalue weighted by Crippen LogP contribution is -2.45. The first-order chi connectivity index (χ1) is 15.8. The molecule has 0 spiro atoms. The predicted molar refractivity (Wildman–Crippen MR) is 132 cm³/mol. The highest BCUT2D eigenvalue weighted by atomic mass is 32.2. The van der Waals surface area contributed by atoms with Crippen LogP contribution in [0.1, 0.15) is 38.8 Å².